The summed E-state index contributed by atoms with van der Waals surface area (Å²) in [6.07, 6.45) is 0. The minimum atomic E-state index is -1.29. The summed E-state index contributed by atoms with van der Waals surface area (Å²) >= 11 is 6.22. The Balaban J connectivity index is 3.01. The number of aliphatic carboxylic acids is 1. The molecule has 1 atom stereocenters. The Labute approximate surface area is 144 Å². The van der Waals surface area contributed by atoms with Crippen LogP contribution in [0.15, 0.2) is 12.1 Å². The van der Waals surface area contributed by atoms with E-state index < -0.39 is 24.5 Å². The molecule has 3 N–H and O–H groups in total. The van der Waals surface area contributed by atoms with Gasteiger partial charge in [-0.1, -0.05) is 0 Å². The minimum Gasteiger partial charge on any atom is -0.480 e. The van der Waals surface area contributed by atoms with Crippen LogP contribution in [0, 0.1) is 10.7 Å². The second-order valence-corrected chi connectivity index (χ2v) is 6.78. The van der Waals surface area contributed by atoms with Gasteiger partial charge in [-0.25, -0.2) is 4.79 Å². The summed E-state index contributed by atoms with van der Waals surface area (Å²) in [5.74, 6) is -1.77. The lowest BCUT2D eigenvalue weighted by Gasteiger charge is -2.13. The van der Waals surface area contributed by atoms with Gasteiger partial charge in [0.25, 0.3) is 5.91 Å². The molecule has 1 aromatic rings. The van der Waals surface area contributed by atoms with Crippen LogP contribution in [0.4, 0.5) is 0 Å². The first-order chi connectivity index (χ1) is 8.36. The second-order valence-electron chi connectivity index (χ2n) is 3.30. The fourth-order valence-electron chi connectivity index (χ4n) is 1.14. The maximum absolute atomic E-state index is 11.9. The highest BCUT2D eigenvalue weighted by Gasteiger charge is 2.21. The van der Waals surface area contributed by atoms with Crippen molar-refractivity contribution in [1.82, 2.24) is 5.32 Å². The fraction of sp³-hybridized carbons (Fsp3) is 0.200. The van der Waals surface area contributed by atoms with Crippen molar-refractivity contribution < 1.29 is 19.8 Å². The van der Waals surface area contributed by atoms with Crippen molar-refractivity contribution in [2.75, 3.05) is 6.61 Å². The zero-order valence-electron chi connectivity index (χ0n) is 8.78. The molecule has 0 aliphatic carbocycles. The summed E-state index contributed by atoms with van der Waals surface area (Å²) < 4.78 is 2.56. The van der Waals surface area contributed by atoms with E-state index in [-0.39, 0.29) is 0 Å². The van der Waals surface area contributed by atoms with E-state index in [9.17, 15) is 9.59 Å². The maximum Gasteiger partial charge on any atom is 0.328 e. The van der Waals surface area contributed by atoms with Gasteiger partial charge in [0.1, 0.15) is 0 Å². The van der Waals surface area contributed by atoms with E-state index in [4.69, 9.17) is 10.2 Å². The van der Waals surface area contributed by atoms with Crippen LogP contribution < -0.4 is 5.32 Å². The highest BCUT2D eigenvalue weighted by Crippen LogP contribution is 2.22. The molecular weight excluding hydrogens is 579 g/mol. The zero-order chi connectivity index (χ0) is 13.9. The van der Waals surface area contributed by atoms with Crippen LogP contribution in [0.2, 0.25) is 0 Å². The fourth-order valence-corrected chi connectivity index (χ4v) is 3.54. The van der Waals surface area contributed by atoms with Crippen molar-refractivity contribution >= 4 is 79.6 Å². The molecule has 1 amide bonds. The van der Waals surface area contributed by atoms with Crippen molar-refractivity contribution in [2.24, 2.45) is 0 Å². The van der Waals surface area contributed by atoms with Crippen LogP contribution in [0.3, 0.4) is 0 Å². The molecule has 0 unspecified atom stereocenters. The number of carboxylic acids is 1. The summed E-state index contributed by atoms with van der Waals surface area (Å²) in [4.78, 5) is 22.7. The molecule has 5 nitrogen and oxygen atoms in total. The summed E-state index contributed by atoms with van der Waals surface area (Å²) in [6.45, 7) is -0.640. The summed E-state index contributed by atoms with van der Waals surface area (Å²) in [5.41, 5.74) is 0.409. The molecule has 0 heterocycles. The van der Waals surface area contributed by atoms with E-state index in [0.29, 0.717) is 5.56 Å². The van der Waals surface area contributed by atoms with Crippen molar-refractivity contribution in [3.8, 4) is 0 Å². The van der Waals surface area contributed by atoms with E-state index in [1.807, 2.05) is 28.7 Å². The van der Waals surface area contributed by atoms with Crippen molar-refractivity contribution in [2.45, 2.75) is 6.04 Å². The van der Waals surface area contributed by atoms with Crippen LogP contribution in [-0.2, 0) is 4.79 Å². The number of rotatable bonds is 4. The Morgan fingerprint density at radius 1 is 1.28 bits per heavy atom. The first-order valence-corrected chi connectivity index (χ1v) is 7.89. The van der Waals surface area contributed by atoms with Gasteiger partial charge in [-0.3, -0.25) is 4.79 Å². The van der Waals surface area contributed by atoms with Crippen molar-refractivity contribution in [1.29, 1.82) is 0 Å². The number of benzene rings is 1. The van der Waals surface area contributed by atoms with E-state index >= 15 is 0 Å². The van der Waals surface area contributed by atoms with Crippen molar-refractivity contribution in [3.05, 3.63) is 28.4 Å². The standard InChI is InChI=1S/C10H8I3NO4/c11-4-1-5(8(13)6(12)2-4)9(16)14-7(3-15)10(17)18/h1-2,7,15H,3H2,(H,14,16)(H,17,18)/t7-/m1/s1. The summed E-state index contributed by atoms with van der Waals surface area (Å²) in [5, 5.41) is 19.9. The maximum atomic E-state index is 11.9. The molecule has 1 aromatic carbocycles. The molecular formula is C10H8I3NO4. The normalized spacial score (nSPS) is 12.0. The minimum absolute atomic E-state index is 0.409. The van der Waals surface area contributed by atoms with Gasteiger partial charge in [0.05, 0.1) is 12.2 Å². The molecule has 0 fully saturated rings. The highest BCUT2D eigenvalue weighted by molar-refractivity contribution is 14.1. The molecule has 98 valence electrons. The van der Waals surface area contributed by atoms with Crippen LogP contribution >= 0.6 is 67.8 Å². The number of hydrogen-bond acceptors (Lipinski definition) is 3. The molecule has 0 aromatic heterocycles. The van der Waals surface area contributed by atoms with E-state index in [1.54, 1.807) is 6.07 Å². The number of hydrogen-bond donors (Lipinski definition) is 3. The van der Waals surface area contributed by atoms with E-state index in [0.717, 1.165) is 10.7 Å². The van der Waals surface area contributed by atoms with Gasteiger partial charge in [-0.15, -0.1) is 0 Å². The van der Waals surface area contributed by atoms with E-state index in [2.05, 4.69) is 50.5 Å². The molecule has 0 saturated carbocycles. The monoisotopic (exact) mass is 587 g/mol. The van der Waals surface area contributed by atoms with Gasteiger partial charge in [0.15, 0.2) is 6.04 Å². The molecule has 0 aliphatic heterocycles. The average molecular weight is 587 g/mol. The first kappa shape index (κ1) is 16.4. The van der Waals surface area contributed by atoms with Gasteiger partial charge in [0, 0.05) is 10.7 Å². The SMILES string of the molecule is O=C(N[C@H](CO)C(=O)O)c1cc(I)cc(I)c1I. The quantitative estimate of drug-likeness (QED) is 0.370. The van der Waals surface area contributed by atoms with Gasteiger partial charge in [-0.05, 0) is 79.9 Å². The number of nitrogens with one attached hydrogen (secondary N) is 1. The largest absolute Gasteiger partial charge is 0.480 e. The smallest absolute Gasteiger partial charge is 0.328 e. The molecule has 0 saturated heterocycles. The average Bonchev–Trinajstić information content (AvgIpc) is 2.29. The van der Waals surface area contributed by atoms with Crippen LogP contribution in [0.1, 0.15) is 10.4 Å². The zero-order valence-corrected chi connectivity index (χ0v) is 15.3. The lowest BCUT2D eigenvalue weighted by molar-refractivity contribution is -0.140. The molecule has 0 aliphatic rings. The lowest BCUT2D eigenvalue weighted by Crippen LogP contribution is -2.43. The van der Waals surface area contributed by atoms with Crippen LogP contribution in [0.5, 0.6) is 0 Å². The molecule has 0 bridgehead atoms. The Morgan fingerprint density at radius 3 is 2.39 bits per heavy atom. The van der Waals surface area contributed by atoms with Gasteiger partial charge >= 0.3 is 5.97 Å². The van der Waals surface area contributed by atoms with Gasteiger partial charge < -0.3 is 15.5 Å². The summed E-state index contributed by atoms with van der Waals surface area (Å²) in [6, 6.07) is 2.31. The van der Waals surface area contributed by atoms with Crippen LogP contribution in [0.25, 0.3) is 0 Å². The molecule has 1 rings (SSSR count). The number of carbonyl (C=O) groups excluding carboxylic acids is 1. The van der Waals surface area contributed by atoms with Crippen LogP contribution in [-0.4, -0.2) is 34.7 Å². The molecule has 0 radical (unpaired) electrons. The number of aliphatic hydroxyl groups is 1. The Kier molecular flexibility index (Phi) is 6.54. The lowest BCUT2D eigenvalue weighted by atomic mass is 10.2. The topological polar surface area (TPSA) is 86.6 Å². The first-order valence-electron chi connectivity index (χ1n) is 4.66. The number of carboxylic acid groups (broad SMARTS) is 1. The summed E-state index contributed by atoms with van der Waals surface area (Å²) in [7, 11) is 0. The predicted octanol–water partition coefficient (Wildman–Crippen LogP) is 1.68. The third-order valence-electron chi connectivity index (χ3n) is 2.02. The van der Waals surface area contributed by atoms with Gasteiger partial charge in [0.2, 0.25) is 0 Å². The molecule has 8 heteroatoms. The second kappa shape index (κ2) is 7.19. The number of aliphatic hydroxyl groups excluding tert-OH is 1. The Hall–Kier alpha value is 0.310. The number of halogens is 3. The third kappa shape index (κ3) is 4.16. The molecule has 18 heavy (non-hydrogen) atoms. The highest BCUT2D eigenvalue weighted by atomic mass is 127. The third-order valence-corrected chi connectivity index (χ3v) is 5.69. The van der Waals surface area contributed by atoms with Crippen molar-refractivity contribution in [3.63, 3.8) is 0 Å². The number of carbonyl (C=O) groups is 2. The van der Waals surface area contributed by atoms with E-state index in [1.165, 1.54) is 0 Å². The van der Waals surface area contributed by atoms with Gasteiger partial charge in [-0.2, -0.15) is 0 Å². The predicted molar refractivity (Wildman–Crippen MR) is 90.6 cm³/mol. The number of amides is 1. The Morgan fingerprint density at radius 2 is 1.89 bits per heavy atom. The Bertz CT molecular complexity index is 492. The molecule has 0 spiro atoms.